The van der Waals surface area contributed by atoms with Gasteiger partial charge in [-0.3, -0.25) is 37.3 Å². The minimum absolute atomic E-state index is 0.108. The minimum atomic E-state index is -4.96. The molecule has 0 aromatic heterocycles. The monoisotopic (exact) mass is 1400 g/mol. The molecule has 0 bridgehead atoms. The third-order valence-corrected chi connectivity index (χ3v) is 19.6. The fourth-order valence-corrected chi connectivity index (χ4v) is 13.2. The second-order valence-electron chi connectivity index (χ2n) is 28.3. The molecule has 0 aromatic carbocycles. The van der Waals surface area contributed by atoms with E-state index in [0.717, 1.165) is 102 Å². The predicted octanol–water partition coefficient (Wildman–Crippen LogP) is 22.3. The van der Waals surface area contributed by atoms with Gasteiger partial charge in [-0.25, -0.2) is 9.13 Å². The largest absolute Gasteiger partial charge is 0.472 e. The molecule has 0 aliphatic rings. The summed E-state index contributed by atoms with van der Waals surface area (Å²) in [6, 6.07) is 0. The van der Waals surface area contributed by atoms with E-state index in [0.29, 0.717) is 25.7 Å². The normalized spacial score (nSPS) is 14.0. The van der Waals surface area contributed by atoms with Crippen LogP contribution in [0.4, 0.5) is 0 Å². The number of hydrogen-bond donors (Lipinski definition) is 3. The molecule has 0 rings (SSSR count). The van der Waals surface area contributed by atoms with Gasteiger partial charge in [0.25, 0.3) is 0 Å². The Hall–Kier alpha value is -1.94. The first-order chi connectivity index (χ1) is 45.9. The van der Waals surface area contributed by atoms with Gasteiger partial charge in [0.05, 0.1) is 26.4 Å². The standard InChI is InChI=1S/C76H148O17P2/c1-7-9-11-13-15-17-19-28-34-40-46-52-58-73(78)86-64-71(92-75(80)60-54-48-42-35-29-20-18-16-14-12-10-8-2)66-90-94(82,83)88-62-70(77)63-89-95(84,85)91-67-72(65-87-74(79)59-53-47-41-37-31-33-39-45-51-57-69(5)6)93-76(81)61-55-49-43-36-30-26-24-22-21-23-25-27-32-38-44-50-56-68(3)4/h68-72,77H,7-67H2,1-6H3,(H,82,83)(H,84,85)/t70-,71+,72+/m0/s1. The molecule has 0 saturated heterocycles. The van der Waals surface area contributed by atoms with E-state index in [1.54, 1.807) is 0 Å². The van der Waals surface area contributed by atoms with Crippen LogP contribution in [-0.4, -0.2) is 96.7 Å². The van der Waals surface area contributed by atoms with E-state index in [2.05, 4.69) is 41.5 Å². The molecule has 0 saturated carbocycles. The highest BCUT2D eigenvalue weighted by Crippen LogP contribution is 2.45. The number of hydrogen-bond acceptors (Lipinski definition) is 15. The molecule has 0 amide bonds. The van der Waals surface area contributed by atoms with E-state index < -0.39 is 97.5 Å². The van der Waals surface area contributed by atoms with Crippen LogP contribution >= 0.6 is 15.6 Å². The van der Waals surface area contributed by atoms with Gasteiger partial charge in [-0.15, -0.1) is 0 Å². The van der Waals surface area contributed by atoms with Gasteiger partial charge < -0.3 is 33.8 Å². The molecule has 17 nitrogen and oxygen atoms in total. The van der Waals surface area contributed by atoms with Crippen LogP contribution in [0.2, 0.25) is 0 Å². The van der Waals surface area contributed by atoms with Gasteiger partial charge in [0, 0.05) is 25.7 Å². The summed E-state index contributed by atoms with van der Waals surface area (Å²) in [5.41, 5.74) is 0. The Morgan fingerprint density at radius 3 is 0.716 bits per heavy atom. The maximum atomic E-state index is 13.1. The number of aliphatic hydroxyl groups is 1. The van der Waals surface area contributed by atoms with Crippen molar-refractivity contribution in [2.24, 2.45) is 11.8 Å². The zero-order chi connectivity index (χ0) is 70.0. The fraction of sp³-hybridized carbons (Fsp3) is 0.947. The Morgan fingerprint density at radius 1 is 0.284 bits per heavy atom. The lowest BCUT2D eigenvalue weighted by atomic mass is 10.0. The van der Waals surface area contributed by atoms with Crippen molar-refractivity contribution in [2.45, 2.75) is 413 Å². The highest BCUT2D eigenvalue weighted by atomic mass is 31.2. The highest BCUT2D eigenvalue weighted by molar-refractivity contribution is 7.47. The number of carbonyl (C=O) groups is 4. The molecule has 0 spiro atoms. The number of ether oxygens (including phenoxy) is 4. The molecule has 564 valence electrons. The van der Waals surface area contributed by atoms with Gasteiger partial charge in [0.2, 0.25) is 0 Å². The molecule has 3 N–H and O–H groups in total. The summed E-state index contributed by atoms with van der Waals surface area (Å²) < 4.78 is 68.5. The quantitative estimate of drug-likeness (QED) is 0.0222. The van der Waals surface area contributed by atoms with Crippen LogP contribution < -0.4 is 0 Å². The topological polar surface area (TPSA) is 237 Å². The zero-order valence-electron chi connectivity index (χ0n) is 62.0. The number of carbonyl (C=O) groups excluding carboxylic acids is 4. The van der Waals surface area contributed by atoms with Crippen LogP contribution in [0.3, 0.4) is 0 Å². The van der Waals surface area contributed by atoms with Gasteiger partial charge in [-0.1, -0.05) is 343 Å². The van der Waals surface area contributed by atoms with Gasteiger partial charge in [0.1, 0.15) is 19.3 Å². The van der Waals surface area contributed by atoms with Crippen LogP contribution in [0.1, 0.15) is 395 Å². The van der Waals surface area contributed by atoms with Gasteiger partial charge in [0.15, 0.2) is 12.2 Å². The molecule has 95 heavy (non-hydrogen) atoms. The summed E-state index contributed by atoms with van der Waals surface area (Å²) in [4.78, 5) is 72.8. The number of phosphoric ester groups is 2. The summed E-state index contributed by atoms with van der Waals surface area (Å²) in [5, 5.41) is 10.6. The molecule has 0 aliphatic carbocycles. The number of esters is 4. The molecule has 0 aromatic rings. The summed E-state index contributed by atoms with van der Waals surface area (Å²) in [6.07, 6.45) is 55.4. The van der Waals surface area contributed by atoms with E-state index in [-0.39, 0.29) is 25.7 Å². The van der Waals surface area contributed by atoms with Gasteiger partial charge in [-0.05, 0) is 37.5 Å². The van der Waals surface area contributed by atoms with Crippen molar-refractivity contribution >= 4 is 39.5 Å². The Kier molecular flexibility index (Phi) is 66.5. The first kappa shape index (κ1) is 93.1. The Morgan fingerprint density at radius 2 is 0.484 bits per heavy atom. The van der Waals surface area contributed by atoms with Crippen molar-refractivity contribution in [3.63, 3.8) is 0 Å². The smallest absolute Gasteiger partial charge is 0.462 e. The Balaban J connectivity index is 5.23. The van der Waals surface area contributed by atoms with Crippen molar-refractivity contribution in [3.05, 3.63) is 0 Å². The van der Waals surface area contributed by atoms with Crippen molar-refractivity contribution < 1.29 is 80.2 Å². The molecule has 2 unspecified atom stereocenters. The third kappa shape index (κ3) is 70.3. The number of unbranched alkanes of at least 4 members (excludes halogenated alkanes) is 45. The number of rotatable bonds is 75. The van der Waals surface area contributed by atoms with Crippen LogP contribution in [0.5, 0.6) is 0 Å². The third-order valence-electron chi connectivity index (χ3n) is 17.7. The lowest BCUT2D eigenvalue weighted by molar-refractivity contribution is -0.161. The number of aliphatic hydroxyl groups excluding tert-OH is 1. The molecular weight excluding hydrogens is 1250 g/mol. The molecule has 0 fully saturated rings. The molecule has 19 heteroatoms. The molecular formula is C76H148O17P2. The van der Waals surface area contributed by atoms with Crippen molar-refractivity contribution in [2.75, 3.05) is 39.6 Å². The first-order valence-electron chi connectivity index (χ1n) is 39.5. The fourth-order valence-electron chi connectivity index (χ4n) is 11.7. The highest BCUT2D eigenvalue weighted by Gasteiger charge is 2.30. The molecule has 0 aliphatic heterocycles. The van der Waals surface area contributed by atoms with E-state index in [9.17, 15) is 43.2 Å². The maximum absolute atomic E-state index is 13.1. The minimum Gasteiger partial charge on any atom is -0.462 e. The average molecular weight is 1400 g/mol. The summed E-state index contributed by atoms with van der Waals surface area (Å²) in [5.74, 6) is -0.561. The second kappa shape index (κ2) is 67.9. The lowest BCUT2D eigenvalue weighted by Crippen LogP contribution is -2.30. The number of phosphoric acid groups is 2. The van der Waals surface area contributed by atoms with Gasteiger partial charge >= 0.3 is 39.5 Å². The average Bonchev–Trinajstić information content (AvgIpc) is 1.74. The predicted molar refractivity (Wildman–Crippen MR) is 386 cm³/mol. The lowest BCUT2D eigenvalue weighted by Gasteiger charge is -2.21. The van der Waals surface area contributed by atoms with Crippen LogP contribution in [0.25, 0.3) is 0 Å². The first-order valence-corrected chi connectivity index (χ1v) is 42.5. The van der Waals surface area contributed by atoms with Crippen molar-refractivity contribution in [1.29, 1.82) is 0 Å². The van der Waals surface area contributed by atoms with Crippen LogP contribution in [0, 0.1) is 11.8 Å². The second-order valence-corrected chi connectivity index (χ2v) is 31.3. The SMILES string of the molecule is CCCCCCCCCCCCCCC(=O)OC[C@H](COP(=O)(O)OC[C@H](O)COP(=O)(O)OC[C@@H](COC(=O)CCCCCCCCCCCC(C)C)OC(=O)CCCCCCCCCCCCCCCCCCC(C)C)OC(=O)CCCCCCCCCCCCCC. The molecule has 0 radical (unpaired) electrons. The molecule has 5 atom stereocenters. The van der Waals surface area contributed by atoms with Crippen molar-refractivity contribution in [3.8, 4) is 0 Å². The summed E-state index contributed by atoms with van der Waals surface area (Å²) >= 11 is 0. The van der Waals surface area contributed by atoms with Crippen LogP contribution in [0.15, 0.2) is 0 Å². The zero-order valence-corrected chi connectivity index (χ0v) is 63.8. The Bertz CT molecular complexity index is 1840. The van der Waals surface area contributed by atoms with E-state index in [4.69, 9.17) is 37.0 Å². The van der Waals surface area contributed by atoms with Crippen molar-refractivity contribution in [1.82, 2.24) is 0 Å². The van der Waals surface area contributed by atoms with Gasteiger partial charge in [-0.2, -0.15) is 0 Å². The summed E-state index contributed by atoms with van der Waals surface area (Å²) in [7, 11) is -9.91. The van der Waals surface area contributed by atoms with Crippen LogP contribution in [-0.2, 0) is 65.4 Å². The Labute approximate surface area is 581 Å². The maximum Gasteiger partial charge on any atom is 0.472 e. The summed E-state index contributed by atoms with van der Waals surface area (Å²) in [6.45, 7) is 9.61. The van der Waals surface area contributed by atoms with E-state index in [1.807, 2.05) is 0 Å². The van der Waals surface area contributed by atoms with E-state index in [1.165, 1.54) is 212 Å². The van der Waals surface area contributed by atoms with E-state index >= 15 is 0 Å². The molecule has 0 heterocycles.